The molecule has 0 spiro atoms. The maximum atomic E-state index is 13.1. The lowest BCUT2D eigenvalue weighted by Crippen LogP contribution is -2.42. The number of benzene rings is 3. The molecule has 0 unspecified atom stereocenters. The van der Waals surface area contributed by atoms with E-state index in [4.69, 9.17) is 19.1 Å². The van der Waals surface area contributed by atoms with Gasteiger partial charge in [0.1, 0.15) is 13.2 Å². The van der Waals surface area contributed by atoms with Crippen LogP contribution in [0.4, 0.5) is 9.59 Å². The molecule has 6 N–H and O–H groups in total. The van der Waals surface area contributed by atoms with Crippen molar-refractivity contribution in [3.8, 4) is 0 Å². The zero-order chi connectivity index (χ0) is 43.5. The summed E-state index contributed by atoms with van der Waals surface area (Å²) in [6, 6.07) is 24.4. The molecule has 0 saturated carbocycles. The molecule has 0 aliphatic rings. The lowest BCUT2D eigenvalue weighted by Gasteiger charge is -2.19. The molecule has 60 heavy (non-hydrogen) atoms. The molecule has 16 nitrogen and oxygen atoms in total. The van der Waals surface area contributed by atoms with E-state index in [1.165, 1.54) is 24.3 Å². The molecule has 0 radical (unpaired) electrons. The van der Waals surface area contributed by atoms with Gasteiger partial charge in [-0.15, -0.1) is 0 Å². The number of hydrogen-bond donors (Lipinski definition) is 6. The van der Waals surface area contributed by atoms with Gasteiger partial charge in [-0.05, 0) is 79.7 Å². The Bertz CT molecular complexity index is 1650. The molecule has 326 valence electrons. The van der Waals surface area contributed by atoms with Crippen LogP contribution < -0.4 is 32.2 Å². The van der Waals surface area contributed by atoms with Gasteiger partial charge in [-0.2, -0.15) is 0 Å². The Balaban J connectivity index is 1.48. The molecule has 0 heterocycles. The quantitative estimate of drug-likeness (QED) is 0.0443. The lowest BCUT2D eigenvalue weighted by atomic mass is 10.1. The van der Waals surface area contributed by atoms with Gasteiger partial charge in [-0.1, -0.05) is 94.4 Å². The van der Waals surface area contributed by atoms with Crippen molar-refractivity contribution in [3.05, 3.63) is 107 Å². The summed E-state index contributed by atoms with van der Waals surface area (Å²) in [6.07, 6.45) is -0.651. The predicted molar refractivity (Wildman–Crippen MR) is 224 cm³/mol. The minimum Gasteiger partial charge on any atom is -0.445 e. The zero-order valence-corrected chi connectivity index (χ0v) is 35.0. The van der Waals surface area contributed by atoms with Crippen molar-refractivity contribution in [1.29, 1.82) is 0 Å². The van der Waals surface area contributed by atoms with Crippen LogP contribution in [0.5, 0.6) is 0 Å². The van der Waals surface area contributed by atoms with Crippen LogP contribution in [0.3, 0.4) is 0 Å². The zero-order valence-electron chi connectivity index (χ0n) is 35.0. The van der Waals surface area contributed by atoms with Gasteiger partial charge >= 0.3 is 12.2 Å². The smallest absolute Gasteiger partial charge is 0.407 e. The van der Waals surface area contributed by atoms with E-state index >= 15 is 0 Å². The van der Waals surface area contributed by atoms with Crippen molar-refractivity contribution >= 4 is 35.8 Å². The SMILES string of the molecule is CC(C)CNC(=O)[C@@H](CCCCNC(=O)OCc1ccccc1)ONC(=O)c1cccc(C(=O)NO[C@H](CCCCNC(=O)OCc2ccccc2)C(=O)NCC(C)C)c1. The van der Waals surface area contributed by atoms with Crippen molar-refractivity contribution in [1.82, 2.24) is 32.2 Å². The van der Waals surface area contributed by atoms with Crippen molar-refractivity contribution in [3.63, 3.8) is 0 Å². The molecule has 3 rings (SSSR count). The summed E-state index contributed by atoms with van der Waals surface area (Å²) in [5, 5.41) is 11.0. The van der Waals surface area contributed by atoms with E-state index in [9.17, 15) is 28.8 Å². The fourth-order valence-corrected chi connectivity index (χ4v) is 5.33. The van der Waals surface area contributed by atoms with E-state index in [1.807, 2.05) is 88.4 Å². The molecule has 16 heteroatoms. The Morgan fingerprint density at radius 2 is 0.900 bits per heavy atom. The summed E-state index contributed by atoms with van der Waals surface area (Å²) in [5.74, 6) is -1.84. The van der Waals surface area contributed by atoms with Crippen molar-refractivity contribution in [2.75, 3.05) is 26.2 Å². The highest BCUT2D eigenvalue weighted by Gasteiger charge is 2.23. The third-order valence-electron chi connectivity index (χ3n) is 8.68. The number of carbonyl (C=O) groups is 6. The van der Waals surface area contributed by atoms with Crippen molar-refractivity contribution in [2.24, 2.45) is 11.8 Å². The minimum absolute atomic E-state index is 0.0724. The average Bonchev–Trinajstić information content (AvgIpc) is 3.25. The molecular formula is C44H60N6O10. The Kier molecular flexibility index (Phi) is 22.3. The summed E-state index contributed by atoms with van der Waals surface area (Å²) in [5.41, 5.74) is 6.54. The summed E-state index contributed by atoms with van der Waals surface area (Å²) in [4.78, 5) is 87.6. The van der Waals surface area contributed by atoms with E-state index < -0.39 is 48.0 Å². The van der Waals surface area contributed by atoms with E-state index in [1.54, 1.807) is 0 Å². The second-order valence-corrected chi connectivity index (χ2v) is 14.9. The number of hydroxylamine groups is 2. The number of nitrogens with one attached hydrogen (secondary N) is 6. The monoisotopic (exact) mass is 832 g/mol. The maximum absolute atomic E-state index is 13.1. The van der Waals surface area contributed by atoms with Crippen LogP contribution in [0, 0.1) is 11.8 Å². The second kappa shape index (κ2) is 27.6. The number of ether oxygens (including phenoxy) is 2. The van der Waals surface area contributed by atoms with Crippen molar-refractivity contribution in [2.45, 2.75) is 91.6 Å². The first-order valence-electron chi connectivity index (χ1n) is 20.4. The summed E-state index contributed by atoms with van der Waals surface area (Å²) in [7, 11) is 0. The summed E-state index contributed by atoms with van der Waals surface area (Å²) >= 11 is 0. The van der Waals surface area contributed by atoms with Crippen LogP contribution in [0.15, 0.2) is 84.9 Å². The lowest BCUT2D eigenvalue weighted by molar-refractivity contribution is -0.137. The molecule has 2 atom stereocenters. The largest absolute Gasteiger partial charge is 0.445 e. The molecule has 0 aromatic heterocycles. The van der Waals surface area contributed by atoms with Gasteiger partial charge in [0.05, 0.1) is 0 Å². The van der Waals surface area contributed by atoms with Gasteiger partial charge in [0.2, 0.25) is 0 Å². The van der Waals surface area contributed by atoms with E-state index in [2.05, 4.69) is 32.2 Å². The molecule has 0 bridgehead atoms. The number of amides is 6. The van der Waals surface area contributed by atoms with Crippen LogP contribution in [0.1, 0.15) is 98.1 Å². The Morgan fingerprint density at radius 1 is 0.500 bits per heavy atom. The number of hydrogen-bond acceptors (Lipinski definition) is 10. The molecule has 3 aromatic carbocycles. The fourth-order valence-electron chi connectivity index (χ4n) is 5.33. The molecular weight excluding hydrogens is 773 g/mol. The third-order valence-corrected chi connectivity index (χ3v) is 8.68. The predicted octanol–water partition coefficient (Wildman–Crippen LogP) is 5.48. The fraction of sp³-hybridized carbons (Fsp3) is 0.455. The topological polar surface area (TPSA) is 212 Å². The normalized spacial score (nSPS) is 11.8. The van der Waals surface area contributed by atoms with Gasteiger partial charge < -0.3 is 30.7 Å². The first-order valence-corrected chi connectivity index (χ1v) is 20.4. The third kappa shape index (κ3) is 20.1. The molecule has 0 aliphatic carbocycles. The van der Waals surface area contributed by atoms with Gasteiger partial charge in [0.15, 0.2) is 12.2 Å². The Labute approximate surface area is 352 Å². The highest BCUT2D eigenvalue weighted by Crippen LogP contribution is 2.11. The van der Waals surface area contributed by atoms with E-state index in [0.717, 1.165) is 11.1 Å². The van der Waals surface area contributed by atoms with E-state index in [0.29, 0.717) is 51.9 Å². The Hall–Kier alpha value is -6.00. The Morgan fingerprint density at radius 3 is 1.28 bits per heavy atom. The molecule has 6 amide bonds. The standard InChI is InChI=1S/C44H60N6O10/c1-31(2)27-47-41(53)37(22-11-13-24-45-43(55)57-29-33-16-7-5-8-17-33)59-49-39(51)35-20-15-21-36(26-35)40(52)50-60-38(42(54)48-28-32(3)4)23-12-14-25-46-44(56)58-30-34-18-9-6-10-19-34/h5-10,15-21,26,31-32,37-38H,11-14,22-25,27-30H2,1-4H3,(H,45,55)(H,46,56)(H,47,53)(H,48,54)(H,49,51)(H,50,52)/t37-,38-/m1/s1. The summed E-state index contributed by atoms with van der Waals surface area (Å²) in [6.45, 7) is 9.54. The minimum atomic E-state index is -1.03. The molecule has 3 aromatic rings. The van der Waals surface area contributed by atoms with Crippen LogP contribution in [-0.4, -0.2) is 74.2 Å². The molecule has 0 aliphatic heterocycles. The molecule has 0 fully saturated rings. The number of alkyl carbamates (subject to hydrolysis) is 2. The van der Waals surface area contributed by atoms with Crippen LogP contribution in [-0.2, 0) is 42.0 Å². The van der Waals surface area contributed by atoms with Gasteiger partial charge in [-0.3, -0.25) is 28.9 Å². The highest BCUT2D eigenvalue weighted by atomic mass is 16.7. The highest BCUT2D eigenvalue weighted by molar-refractivity contribution is 5.99. The van der Waals surface area contributed by atoms with Crippen LogP contribution in [0.25, 0.3) is 0 Å². The first-order chi connectivity index (χ1) is 28.9. The van der Waals surface area contributed by atoms with Gasteiger partial charge in [0.25, 0.3) is 23.6 Å². The number of rotatable bonds is 26. The van der Waals surface area contributed by atoms with Crippen LogP contribution >= 0.6 is 0 Å². The number of carbonyl (C=O) groups excluding carboxylic acids is 6. The van der Waals surface area contributed by atoms with Crippen molar-refractivity contribution < 1.29 is 47.9 Å². The second-order valence-electron chi connectivity index (χ2n) is 14.9. The van der Waals surface area contributed by atoms with E-state index in [-0.39, 0.29) is 49.0 Å². The molecule has 0 saturated heterocycles. The summed E-state index contributed by atoms with van der Waals surface area (Å²) < 4.78 is 10.4. The first kappa shape index (κ1) is 48.4. The van der Waals surface area contributed by atoms with Gasteiger partial charge in [0, 0.05) is 37.3 Å². The maximum Gasteiger partial charge on any atom is 0.407 e. The van der Waals surface area contributed by atoms with Crippen LogP contribution in [0.2, 0.25) is 0 Å². The number of unbranched alkanes of at least 4 members (excludes halogenated alkanes) is 2. The average molecular weight is 833 g/mol. The van der Waals surface area contributed by atoms with Gasteiger partial charge in [-0.25, -0.2) is 20.5 Å².